The van der Waals surface area contributed by atoms with Crippen LogP contribution in [0.2, 0.25) is 5.02 Å². The summed E-state index contributed by atoms with van der Waals surface area (Å²) < 4.78 is 6.14. The number of hydrogen-bond acceptors (Lipinski definition) is 5. The first-order valence-electron chi connectivity index (χ1n) is 15.1. The summed E-state index contributed by atoms with van der Waals surface area (Å²) in [5, 5.41) is 19.2. The van der Waals surface area contributed by atoms with Crippen LogP contribution in [0.15, 0.2) is 54.6 Å². The van der Waals surface area contributed by atoms with Gasteiger partial charge in [0, 0.05) is 22.9 Å². The molecule has 3 amide bonds. The van der Waals surface area contributed by atoms with Gasteiger partial charge < -0.3 is 25.8 Å². The van der Waals surface area contributed by atoms with E-state index in [9.17, 15) is 19.5 Å². The first-order valence-corrected chi connectivity index (χ1v) is 15.5. The second kappa shape index (κ2) is 14.9. The van der Waals surface area contributed by atoms with Crippen LogP contribution in [0.5, 0.6) is 0 Å². The molecule has 4 N–H and O–H groups in total. The summed E-state index contributed by atoms with van der Waals surface area (Å²) in [4.78, 5) is 39.2. The molecule has 4 atom stereocenters. The van der Waals surface area contributed by atoms with Crippen LogP contribution in [0.4, 0.5) is 4.79 Å². The minimum absolute atomic E-state index is 0.0579. The first kappa shape index (κ1) is 31.8. The predicted molar refractivity (Wildman–Crippen MR) is 163 cm³/mol. The van der Waals surface area contributed by atoms with Crippen molar-refractivity contribution < 1.29 is 24.2 Å². The molecule has 0 radical (unpaired) electrons. The van der Waals surface area contributed by atoms with Gasteiger partial charge in [0.15, 0.2) is 0 Å². The van der Waals surface area contributed by atoms with Crippen molar-refractivity contribution in [2.75, 3.05) is 13.2 Å². The van der Waals surface area contributed by atoms with Crippen molar-refractivity contribution in [3.8, 4) is 0 Å². The standard InChI is InChI=1S/C33H44ClN3O5/c1-33(2,25-14-9-15-26(34)20-25)29(23-12-7-4-8-13-23)42-32(41)37-28(18-22-10-5-3-6-11-22)31(40)36-27(21-38)19-24-16-17-35-30(24)39/h4,7-9,12-15,20,22,24,27-29,38H,3,5-6,10-11,16-19,21H2,1-2H3,(H,35,39)(H,36,40)(H,37,41)/t24-,27?,28?,29?/m0/s1. The summed E-state index contributed by atoms with van der Waals surface area (Å²) in [6.45, 7) is 4.31. The molecule has 9 heteroatoms. The predicted octanol–water partition coefficient (Wildman–Crippen LogP) is 5.43. The van der Waals surface area contributed by atoms with Crippen LogP contribution in [-0.2, 0) is 19.7 Å². The minimum atomic E-state index is -0.835. The maximum Gasteiger partial charge on any atom is 0.408 e. The zero-order chi connectivity index (χ0) is 30.1. The lowest BCUT2D eigenvalue weighted by Gasteiger charge is -2.35. The van der Waals surface area contributed by atoms with Gasteiger partial charge in [-0.2, -0.15) is 0 Å². The molecule has 2 aliphatic rings. The Morgan fingerprint density at radius 1 is 1.02 bits per heavy atom. The Kier molecular flexibility index (Phi) is 11.3. The van der Waals surface area contributed by atoms with Gasteiger partial charge in [0.2, 0.25) is 11.8 Å². The normalized spacial score (nSPS) is 19.8. The van der Waals surface area contributed by atoms with Crippen molar-refractivity contribution in [1.29, 1.82) is 0 Å². The molecule has 4 rings (SSSR count). The number of rotatable bonds is 12. The molecule has 2 fully saturated rings. The molecule has 1 saturated carbocycles. The number of amides is 3. The topological polar surface area (TPSA) is 117 Å². The van der Waals surface area contributed by atoms with E-state index in [0.29, 0.717) is 36.7 Å². The number of hydrogen-bond donors (Lipinski definition) is 4. The summed E-state index contributed by atoms with van der Waals surface area (Å²) in [7, 11) is 0. The van der Waals surface area contributed by atoms with E-state index in [1.165, 1.54) is 6.42 Å². The number of aliphatic hydroxyl groups is 1. The maximum atomic E-state index is 13.6. The van der Waals surface area contributed by atoms with Gasteiger partial charge in [-0.1, -0.05) is 100 Å². The molecular weight excluding hydrogens is 554 g/mol. The number of halogens is 1. The molecule has 0 bridgehead atoms. The summed E-state index contributed by atoms with van der Waals surface area (Å²) >= 11 is 6.31. The van der Waals surface area contributed by atoms with Crippen molar-refractivity contribution in [1.82, 2.24) is 16.0 Å². The van der Waals surface area contributed by atoms with Gasteiger partial charge in [0.05, 0.1) is 12.6 Å². The molecule has 1 heterocycles. The first-order chi connectivity index (χ1) is 20.2. The van der Waals surface area contributed by atoms with Crippen molar-refractivity contribution in [2.45, 2.75) is 88.8 Å². The quantitative estimate of drug-likeness (QED) is 0.260. The smallest absolute Gasteiger partial charge is 0.408 e. The van der Waals surface area contributed by atoms with Gasteiger partial charge in [0.25, 0.3) is 0 Å². The van der Waals surface area contributed by atoms with E-state index in [4.69, 9.17) is 16.3 Å². The van der Waals surface area contributed by atoms with E-state index in [-0.39, 0.29) is 24.3 Å². The molecule has 0 spiro atoms. The molecule has 0 aromatic heterocycles. The lowest BCUT2D eigenvalue weighted by atomic mass is 9.76. The summed E-state index contributed by atoms with van der Waals surface area (Å²) in [5.41, 5.74) is 1.09. The zero-order valence-corrected chi connectivity index (χ0v) is 25.4. The van der Waals surface area contributed by atoms with Crippen molar-refractivity contribution in [3.63, 3.8) is 0 Å². The summed E-state index contributed by atoms with van der Waals surface area (Å²) in [5.74, 6) is -0.383. The highest BCUT2D eigenvalue weighted by molar-refractivity contribution is 6.30. The molecule has 1 aliphatic heterocycles. The molecule has 2 aromatic carbocycles. The lowest BCUT2D eigenvalue weighted by molar-refractivity contribution is -0.126. The Morgan fingerprint density at radius 3 is 2.40 bits per heavy atom. The molecule has 2 aromatic rings. The highest BCUT2D eigenvalue weighted by Crippen LogP contribution is 2.40. The Balaban J connectivity index is 1.52. The minimum Gasteiger partial charge on any atom is -0.440 e. The Labute approximate surface area is 253 Å². The van der Waals surface area contributed by atoms with Crippen LogP contribution in [0, 0.1) is 11.8 Å². The number of alkyl carbamates (subject to hydrolysis) is 1. The van der Waals surface area contributed by atoms with E-state index >= 15 is 0 Å². The number of benzene rings is 2. The maximum absolute atomic E-state index is 13.6. The van der Waals surface area contributed by atoms with Gasteiger partial charge in [-0.25, -0.2) is 4.79 Å². The van der Waals surface area contributed by atoms with E-state index in [2.05, 4.69) is 16.0 Å². The van der Waals surface area contributed by atoms with Crippen LogP contribution >= 0.6 is 11.6 Å². The van der Waals surface area contributed by atoms with Crippen LogP contribution in [0.25, 0.3) is 0 Å². The molecule has 1 aliphatic carbocycles. The molecule has 42 heavy (non-hydrogen) atoms. The monoisotopic (exact) mass is 597 g/mol. The van der Waals surface area contributed by atoms with Gasteiger partial charge in [-0.3, -0.25) is 9.59 Å². The third kappa shape index (κ3) is 8.48. The second-order valence-corrected chi connectivity index (χ2v) is 12.7. The van der Waals surface area contributed by atoms with Gasteiger partial charge in [-0.15, -0.1) is 0 Å². The second-order valence-electron chi connectivity index (χ2n) is 12.3. The van der Waals surface area contributed by atoms with E-state index in [1.807, 2.05) is 62.4 Å². The fourth-order valence-corrected chi connectivity index (χ4v) is 6.46. The van der Waals surface area contributed by atoms with E-state index < -0.39 is 29.7 Å². The lowest BCUT2D eigenvalue weighted by Crippen LogP contribution is -2.52. The number of ether oxygens (including phenoxy) is 1. The Bertz CT molecular complexity index is 1200. The van der Waals surface area contributed by atoms with Gasteiger partial charge >= 0.3 is 6.09 Å². The van der Waals surface area contributed by atoms with Crippen molar-refractivity contribution >= 4 is 29.5 Å². The van der Waals surface area contributed by atoms with Crippen LogP contribution in [0.3, 0.4) is 0 Å². The van der Waals surface area contributed by atoms with Crippen molar-refractivity contribution in [3.05, 3.63) is 70.7 Å². The number of aliphatic hydroxyl groups excluding tert-OH is 1. The SMILES string of the molecule is CC(C)(c1cccc(Cl)c1)C(OC(=O)NC(CC1CCCCC1)C(=O)NC(CO)C[C@@H]1CCNC1=O)c1ccccc1. The molecular formula is C33H44ClN3O5. The third-order valence-corrected chi connectivity index (χ3v) is 8.99. The zero-order valence-electron chi connectivity index (χ0n) is 24.6. The van der Waals surface area contributed by atoms with E-state index in [1.54, 1.807) is 6.07 Å². The third-order valence-electron chi connectivity index (χ3n) is 8.75. The number of carbonyl (C=O) groups is 3. The average molecular weight is 598 g/mol. The summed E-state index contributed by atoms with van der Waals surface area (Å²) in [6.07, 6.45) is 5.52. The Morgan fingerprint density at radius 2 is 1.76 bits per heavy atom. The highest BCUT2D eigenvalue weighted by Gasteiger charge is 2.37. The van der Waals surface area contributed by atoms with Gasteiger partial charge in [0.1, 0.15) is 12.1 Å². The molecule has 8 nitrogen and oxygen atoms in total. The van der Waals surface area contributed by atoms with Crippen LogP contribution < -0.4 is 16.0 Å². The summed E-state index contributed by atoms with van der Waals surface area (Å²) in [6, 6.07) is 15.6. The molecule has 1 saturated heterocycles. The van der Waals surface area contributed by atoms with Gasteiger partial charge in [-0.05, 0) is 48.4 Å². The molecule has 3 unspecified atom stereocenters. The van der Waals surface area contributed by atoms with Crippen LogP contribution in [-0.4, -0.2) is 48.2 Å². The van der Waals surface area contributed by atoms with Crippen LogP contribution in [0.1, 0.15) is 82.4 Å². The Hall–Kier alpha value is -3.10. The van der Waals surface area contributed by atoms with E-state index in [0.717, 1.165) is 36.8 Å². The number of nitrogens with one attached hydrogen (secondary N) is 3. The fourth-order valence-electron chi connectivity index (χ4n) is 6.27. The highest BCUT2D eigenvalue weighted by atomic mass is 35.5. The fraction of sp³-hybridized carbons (Fsp3) is 0.545. The number of carbonyl (C=O) groups excluding carboxylic acids is 3. The largest absolute Gasteiger partial charge is 0.440 e. The molecule has 228 valence electrons. The van der Waals surface area contributed by atoms with Crippen molar-refractivity contribution in [2.24, 2.45) is 11.8 Å². The average Bonchev–Trinajstić information content (AvgIpc) is 3.39.